The lowest BCUT2D eigenvalue weighted by Crippen LogP contribution is -2.45. The number of amides is 3. The standard InChI is InChI=1S/C26H34N4O7/c1-3-18(4-2)15-27-22(31)16-30-14-8-11-21(25(30)35)28-24(34)20(12-13-23(32)33)29-26(36)37-17-19-9-6-5-7-10-19/h5-11,14,18,20H,3-4,12-13,15-17H2,1-2H3,(H,27,31)(H,28,34)(H,29,36)(H,32,33)/t20-/m0/s1. The number of carboxylic acids is 1. The number of aromatic nitrogens is 1. The molecule has 2 rings (SSSR count). The summed E-state index contributed by atoms with van der Waals surface area (Å²) in [4.78, 5) is 61.3. The molecule has 4 N–H and O–H groups in total. The molecule has 3 amide bonds. The van der Waals surface area contributed by atoms with Crippen molar-refractivity contribution in [2.24, 2.45) is 5.92 Å². The van der Waals surface area contributed by atoms with Gasteiger partial charge in [-0.2, -0.15) is 0 Å². The van der Waals surface area contributed by atoms with Gasteiger partial charge >= 0.3 is 12.1 Å². The van der Waals surface area contributed by atoms with E-state index in [0.717, 1.165) is 23.0 Å². The molecule has 0 aliphatic heterocycles. The molecule has 11 heteroatoms. The van der Waals surface area contributed by atoms with Gasteiger partial charge in [0.2, 0.25) is 11.8 Å². The van der Waals surface area contributed by atoms with Gasteiger partial charge in [0.05, 0.1) is 0 Å². The first-order valence-electron chi connectivity index (χ1n) is 12.2. The summed E-state index contributed by atoms with van der Waals surface area (Å²) in [5.74, 6) is -1.93. The fourth-order valence-electron chi connectivity index (χ4n) is 3.47. The third kappa shape index (κ3) is 10.2. The van der Waals surface area contributed by atoms with Gasteiger partial charge in [0.15, 0.2) is 0 Å². The Morgan fingerprint density at radius 1 is 1.03 bits per heavy atom. The zero-order chi connectivity index (χ0) is 27.2. The Hall–Kier alpha value is -4.15. The summed E-state index contributed by atoms with van der Waals surface area (Å²) >= 11 is 0. The van der Waals surface area contributed by atoms with Crippen molar-refractivity contribution in [3.63, 3.8) is 0 Å². The van der Waals surface area contributed by atoms with Gasteiger partial charge in [-0.1, -0.05) is 57.0 Å². The van der Waals surface area contributed by atoms with Crippen molar-refractivity contribution in [1.82, 2.24) is 15.2 Å². The largest absolute Gasteiger partial charge is 0.481 e. The van der Waals surface area contributed by atoms with Crippen molar-refractivity contribution in [2.45, 2.75) is 58.7 Å². The molecule has 1 heterocycles. The summed E-state index contributed by atoms with van der Waals surface area (Å²) < 4.78 is 6.28. The molecule has 0 bridgehead atoms. The first-order chi connectivity index (χ1) is 17.7. The average Bonchev–Trinajstić information content (AvgIpc) is 2.88. The van der Waals surface area contributed by atoms with Crippen LogP contribution in [0.1, 0.15) is 45.1 Å². The normalized spacial score (nSPS) is 11.4. The summed E-state index contributed by atoms with van der Waals surface area (Å²) in [5, 5.41) is 16.6. The number of hydrogen-bond acceptors (Lipinski definition) is 6. The number of pyridine rings is 1. The minimum absolute atomic E-state index is 0.0390. The van der Waals surface area contributed by atoms with E-state index in [1.807, 2.05) is 19.9 Å². The molecule has 11 nitrogen and oxygen atoms in total. The quantitative estimate of drug-likeness (QED) is 0.302. The van der Waals surface area contributed by atoms with Crippen LogP contribution in [0.2, 0.25) is 0 Å². The molecule has 0 aliphatic carbocycles. The molecule has 2 aromatic rings. The van der Waals surface area contributed by atoms with Crippen LogP contribution < -0.4 is 21.5 Å². The summed E-state index contributed by atoms with van der Waals surface area (Å²) in [6.07, 6.45) is 1.75. The van der Waals surface area contributed by atoms with Crippen LogP contribution in [0.15, 0.2) is 53.5 Å². The van der Waals surface area contributed by atoms with Crippen molar-refractivity contribution in [3.05, 3.63) is 64.6 Å². The van der Waals surface area contributed by atoms with Crippen LogP contribution in [0.5, 0.6) is 0 Å². The number of carboxylic acid groups (broad SMARTS) is 1. The predicted octanol–water partition coefficient (Wildman–Crippen LogP) is 2.50. The second-order valence-electron chi connectivity index (χ2n) is 8.52. The van der Waals surface area contributed by atoms with E-state index in [1.165, 1.54) is 18.3 Å². The molecule has 37 heavy (non-hydrogen) atoms. The Bertz CT molecular complexity index is 1110. The van der Waals surface area contributed by atoms with Gasteiger partial charge in [0.25, 0.3) is 5.56 Å². The number of aliphatic carboxylic acids is 1. The highest BCUT2D eigenvalue weighted by Gasteiger charge is 2.24. The van der Waals surface area contributed by atoms with Gasteiger partial charge < -0.3 is 30.4 Å². The highest BCUT2D eigenvalue weighted by molar-refractivity contribution is 5.96. The van der Waals surface area contributed by atoms with E-state index in [4.69, 9.17) is 9.84 Å². The van der Waals surface area contributed by atoms with Gasteiger partial charge in [0.1, 0.15) is 24.9 Å². The summed E-state index contributed by atoms with van der Waals surface area (Å²) in [5.41, 5.74) is 0.00946. The average molecular weight is 515 g/mol. The van der Waals surface area contributed by atoms with E-state index >= 15 is 0 Å². The van der Waals surface area contributed by atoms with Gasteiger partial charge in [0, 0.05) is 19.2 Å². The Balaban J connectivity index is 2.04. The summed E-state index contributed by atoms with van der Waals surface area (Å²) in [7, 11) is 0. The highest BCUT2D eigenvalue weighted by Crippen LogP contribution is 2.07. The number of benzene rings is 1. The van der Waals surface area contributed by atoms with E-state index < -0.39 is 36.0 Å². The van der Waals surface area contributed by atoms with Crippen LogP contribution >= 0.6 is 0 Å². The molecule has 1 aromatic heterocycles. The maximum Gasteiger partial charge on any atom is 0.408 e. The number of carbonyl (C=O) groups excluding carboxylic acids is 3. The third-order valence-corrected chi connectivity index (χ3v) is 5.80. The second kappa shape index (κ2) is 15.1. The number of anilines is 1. The number of alkyl carbamates (subject to hydrolysis) is 1. The Labute approximate surface area is 215 Å². The van der Waals surface area contributed by atoms with Gasteiger partial charge in [-0.15, -0.1) is 0 Å². The van der Waals surface area contributed by atoms with Gasteiger partial charge in [-0.05, 0) is 30.0 Å². The lowest BCUT2D eigenvalue weighted by molar-refractivity contribution is -0.137. The fraction of sp³-hybridized carbons (Fsp3) is 0.423. The van der Waals surface area contributed by atoms with E-state index in [-0.39, 0.29) is 31.2 Å². The molecule has 1 aromatic carbocycles. The van der Waals surface area contributed by atoms with Crippen molar-refractivity contribution in [1.29, 1.82) is 0 Å². The lowest BCUT2D eigenvalue weighted by atomic mass is 10.0. The van der Waals surface area contributed by atoms with Crippen LogP contribution in [0.3, 0.4) is 0 Å². The molecular weight excluding hydrogens is 480 g/mol. The number of carbonyl (C=O) groups is 4. The Morgan fingerprint density at radius 3 is 2.38 bits per heavy atom. The zero-order valence-electron chi connectivity index (χ0n) is 21.1. The minimum Gasteiger partial charge on any atom is -0.481 e. The van der Waals surface area contributed by atoms with Crippen LogP contribution in [0.4, 0.5) is 10.5 Å². The summed E-state index contributed by atoms with van der Waals surface area (Å²) in [6.45, 7) is 4.32. The van der Waals surface area contributed by atoms with E-state index in [2.05, 4.69) is 16.0 Å². The van der Waals surface area contributed by atoms with Gasteiger partial charge in [-0.25, -0.2) is 4.79 Å². The van der Waals surface area contributed by atoms with Crippen LogP contribution in [-0.4, -0.2) is 46.1 Å². The molecule has 200 valence electrons. The second-order valence-corrected chi connectivity index (χ2v) is 8.52. The molecular formula is C26H34N4O7. The monoisotopic (exact) mass is 514 g/mol. The Morgan fingerprint density at radius 2 is 1.73 bits per heavy atom. The number of ether oxygens (including phenoxy) is 1. The lowest BCUT2D eigenvalue weighted by Gasteiger charge is -2.18. The SMILES string of the molecule is CCC(CC)CNC(=O)Cn1cccc(NC(=O)[C@H](CCC(=O)O)NC(=O)OCc2ccccc2)c1=O. The molecule has 0 aliphatic rings. The summed E-state index contributed by atoms with van der Waals surface area (Å²) in [6, 6.07) is 10.5. The number of hydrogen-bond donors (Lipinski definition) is 4. The van der Waals surface area contributed by atoms with Gasteiger partial charge in [-0.3, -0.25) is 19.2 Å². The Kier molecular flexibility index (Phi) is 11.8. The maximum atomic E-state index is 12.9. The molecule has 0 spiro atoms. The van der Waals surface area contributed by atoms with E-state index in [9.17, 15) is 24.0 Å². The van der Waals surface area contributed by atoms with Crippen molar-refractivity contribution >= 4 is 29.6 Å². The fourth-order valence-corrected chi connectivity index (χ4v) is 3.47. The molecule has 0 radical (unpaired) electrons. The molecule has 0 saturated carbocycles. The first-order valence-corrected chi connectivity index (χ1v) is 12.2. The molecule has 0 unspecified atom stereocenters. The van der Waals surface area contributed by atoms with Crippen molar-refractivity contribution < 1.29 is 29.0 Å². The van der Waals surface area contributed by atoms with E-state index in [0.29, 0.717) is 12.5 Å². The smallest absolute Gasteiger partial charge is 0.408 e. The zero-order valence-corrected chi connectivity index (χ0v) is 21.1. The van der Waals surface area contributed by atoms with E-state index in [1.54, 1.807) is 24.3 Å². The van der Waals surface area contributed by atoms with Crippen LogP contribution in [0, 0.1) is 5.92 Å². The first kappa shape index (κ1) is 29.1. The van der Waals surface area contributed by atoms with Crippen LogP contribution in [0.25, 0.3) is 0 Å². The topological polar surface area (TPSA) is 156 Å². The predicted molar refractivity (Wildman–Crippen MR) is 137 cm³/mol. The molecule has 0 fully saturated rings. The number of nitrogens with one attached hydrogen (secondary N) is 3. The number of nitrogens with zero attached hydrogens (tertiary/aromatic N) is 1. The highest BCUT2D eigenvalue weighted by atomic mass is 16.5. The third-order valence-electron chi connectivity index (χ3n) is 5.80. The molecule has 0 saturated heterocycles. The number of rotatable bonds is 14. The van der Waals surface area contributed by atoms with Crippen molar-refractivity contribution in [3.8, 4) is 0 Å². The van der Waals surface area contributed by atoms with Crippen LogP contribution in [-0.2, 0) is 32.3 Å². The molecule has 1 atom stereocenters. The minimum atomic E-state index is -1.27. The van der Waals surface area contributed by atoms with Crippen molar-refractivity contribution in [2.75, 3.05) is 11.9 Å². The maximum absolute atomic E-state index is 12.9.